The number of aromatic nitrogens is 2. The molecule has 2 aliphatic rings. The topological polar surface area (TPSA) is 73.3 Å². The standard InChI is InChI=1S/C14H19N3O3/c1-14(5-3-7-20-14)13-16-10-4-6-15-8-9(10)11(17-13)12(18)19-2/h15H,3-8H2,1-2H3. The number of fused-ring (bicyclic) bond motifs is 1. The van der Waals surface area contributed by atoms with E-state index >= 15 is 0 Å². The highest BCUT2D eigenvalue weighted by Crippen LogP contribution is 2.34. The summed E-state index contributed by atoms with van der Waals surface area (Å²) in [6.45, 7) is 4.18. The van der Waals surface area contributed by atoms with Crippen LogP contribution < -0.4 is 5.32 Å². The van der Waals surface area contributed by atoms with E-state index in [0.717, 1.165) is 37.1 Å². The van der Waals surface area contributed by atoms with Gasteiger partial charge in [0.25, 0.3) is 0 Å². The Labute approximate surface area is 117 Å². The van der Waals surface area contributed by atoms with Crippen molar-refractivity contribution in [1.82, 2.24) is 15.3 Å². The Balaban J connectivity index is 2.10. The Kier molecular flexibility index (Phi) is 3.43. The second-order valence-corrected chi connectivity index (χ2v) is 5.42. The first-order valence-corrected chi connectivity index (χ1v) is 6.97. The molecule has 1 aromatic rings. The van der Waals surface area contributed by atoms with Crippen LogP contribution in [-0.2, 0) is 28.0 Å². The first kappa shape index (κ1) is 13.5. The third-order valence-corrected chi connectivity index (χ3v) is 4.00. The first-order chi connectivity index (χ1) is 9.64. The van der Waals surface area contributed by atoms with Gasteiger partial charge in [-0.2, -0.15) is 0 Å². The Morgan fingerprint density at radius 1 is 1.45 bits per heavy atom. The lowest BCUT2D eigenvalue weighted by molar-refractivity contribution is 0.00874. The van der Waals surface area contributed by atoms with Crippen molar-refractivity contribution < 1.29 is 14.3 Å². The summed E-state index contributed by atoms with van der Waals surface area (Å²) in [5.74, 6) is 0.200. The normalized spacial score (nSPS) is 25.3. The van der Waals surface area contributed by atoms with E-state index in [1.807, 2.05) is 6.92 Å². The maximum atomic E-state index is 12.0. The van der Waals surface area contributed by atoms with Crippen molar-refractivity contribution in [2.45, 2.75) is 38.3 Å². The molecule has 3 heterocycles. The molecular weight excluding hydrogens is 258 g/mol. The second kappa shape index (κ2) is 5.10. The molecular formula is C14H19N3O3. The highest BCUT2D eigenvalue weighted by Gasteiger charge is 2.37. The molecule has 0 bridgehead atoms. The number of esters is 1. The molecule has 0 aliphatic carbocycles. The molecule has 3 rings (SSSR count). The smallest absolute Gasteiger partial charge is 0.357 e. The third-order valence-electron chi connectivity index (χ3n) is 4.00. The maximum absolute atomic E-state index is 12.0. The molecule has 0 radical (unpaired) electrons. The molecule has 2 aliphatic heterocycles. The first-order valence-electron chi connectivity index (χ1n) is 6.97. The largest absolute Gasteiger partial charge is 0.464 e. The van der Waals surface area contributed by atoms with Gasteiger partial charge in [0.05, 0.1) is 12.8 Å². The monoisotopic (exact) mass is 277 g/mol. The summed E-state index contributed by atoms with van der Waals surface area (Å²) in [4.78, 5) is 21.1. The zero-order valence-corrected chi connectivity index (χ0v) is 11.9. The highest BCUT2D eigenvalue weighted by molar-refractivity contribution is 5.89. The summed E-state index contributed by atoms with van der Waals surface area (Å²) in [6.07, 6.45) is 2.67. The molecule has 1 atom stereocenters. The minimum Gasteiger partial charge on any atom is -0.464 e. The number of rotatable bonds is 2. The van der Waals surface area contributed by atoms with E-state index in [1.165, 1.54) is 7.11 Å². The molecule has 6 heteroatoms. The predicted molar refractivity (Wildman–Crippen MR) is 71.3 cm³/mol. The van der Waals surface area contributed by atoms with E-state index in [0.29, 0.717) is 24.7 Å². The molecule has 1 N–H and O–H groups in total. The molecule has 20 heavy (non-hydrogen) atoms. The van der Waals surface area contributed by atoms with Gasteiger partial charge in [-0.3, -0.25) is 0 Å². The Morgan fingerprint density at radius 2 is 2.30 bits per heavy atom. The average molecular weight is 277 g/mol. The van der Waals surface area contributed by atoms with Gasteiger partial charge in [0.1, 0.15) is 5.60 Å². The number of hydrogen-bond donors (Lipinski definition) is 1. The number of methoxy groups -OCH3 is 1. The molecule has 6 nitrogen and oxygen atoms in total. The Hall–Kier alpha value is -1.53. The number of carbonyl (C=O) groups excluding carboxylic acids is 1. The van der Waals surface area contributed by atoms with E-state index < -0.39 is 11.6 Å². The van der Waals surface area contributed by atoms with Crippen LogP contribution in [0.1, 0.15) is 47.3 Å². The summed E-state index contributed by atoms with van der Waals surface area (Å²) < 4.78 is 10.6. The minimum atomic E-state index is -0.483. The number of nitrogens with zero attached hydrogens (tertiary/aromatic N) is 2. The van der Waals surface area contributed by atoms with Crippen molar-refractivity contribution in [1.29, 1.82) is 0 Å². The zero-order valence-electron chi connectivity index (χ0n) is 11.9. The van der Waals surface area contributed by atoms with Crippen molar-refractivity contribution in [3.8, 4) is 0 Å². The molecule has 1 saturated heterocycles. The Morgan fingerprint density at radius 3 is 3.00 bits per heavy atom. The third kappa shape index (κ3) is 2.19. The molecule has 0 aromatic carbocycles. The van der Waals surface area contributed by atoms with Crippen LogP contribution in [0.3, 0.4) is 0 Å². The van der Waals surface area contributed by atoms with Gasteiger partial charge in [-0.1, -0.05) is 0 Å². The fourth-order valence-electron chi connectivity index (χ4n) is 2.80. The summed E-state index contributed by atoms with van der Waals surface area (Å²) in [7, 11) is 1.38. The molecule has 0 saturated carbocycles. The quantitative estimate of drug-likeness (QED) is 0.811. The van der Waals surface area contributed by atoms with Crippen LogP contribution in [0.5, 0.6) is 0 Å². The van der Waals surface area contributed by atoms with Gasteiger partial charge in [-0.15, -0.1) is 0 Å². The van der Waals surface area contributed by atoms with Gasteiger partial charge in [-0.25, -0.2) is 14.8 Å². The van der Waals surface area contributed by atoms with E-state index in [9.17, 15) is 4.79 Å². The molecule has 0 amide bonds. The van der Waals surface area contributed by atoms with Crippen LogP contribution in [0.15, 0.2) is 0 Å². The summed E-state index contributed by atoms with van der Waals surface area (Å²) >= 11 is 0. The van der Waals surface area contributed by atoms with Crippen LogP contribution in [0, 0.1) is 0 Å². The second-order valence-electron chi connectivity index (χ2n) is 5.42. The minimum absolute atomic E-state index is 0.372. The van der Waals surface area contributed by atoms with Crippen molar-refractivity contribution in [3.05, 3.63) is 22.8 Å². The van der Waals surface area contributed by atoms with Gasteiger partial charge in [-0.05, 0) is 19.8 Å². The van der Waals surface area contributed by atoms with Crippen LogP contribution in [0.4, 0.5) is 0 Å². The van der Waals surface area contributed by atoms with E-state index in [2.05, 4.69) is 15.3 Å². The molecule has 1 aromatic heterocycles. The fraction of sp³-hybridized carbons (Fsp3) is 0.643. The van der Waals surface area contributed by atoms with E-state index in [4.69, 9.17) is 9.47 Å². The van der Waals surface area contributed by atoms with Crippen molar-refractivity contribution in [3.63, 3.8) is 0 Å². The highest BCUT2D eigenvalue weighted by atomic mass is 16.5. The maximum Gasteiger partial charge on any atom is 0.357 e. The lowest BCUT2D eigenvalue weighted by Crippen LogP contribution is -2.32. The number of ether oxygens (including phenoxy) is 2. The SMILES string of the molecule is COC(=O)c1nc(C2(C)CCCO2)nc2c1CNCC2. The van der Waals surface area contributed by atoms with Gasteiger partial charge >= 0.3 is 5.97 Å². The van der Waals surface area contributed by atoms with Crippen LogP contribution in [0.25, 0.3) is 0 Å². The van der Waals surface area contributed by atoms with Crippen molar-refractivity contribution in [2.24, 2.45) is 0 Å². The van der Waals surface area contributed by atoms with Crippen LogP contribution in [0.2, 0.25) is 0 Å². The number of hydrogen-bond acceptors (Lipinski definition) is 6. The summed E-state index contributed by atoms with van der Waals surface area (Å²) in [5, 5.41) is 3.24. The lowest BCUT2D eigenvalue weighted by atomic mass is 9.99. The van der Waals surface area contributed by atoms with Gasteiger partial charge in [0.15, 0.2) is 11.5 Å². The van der Waals surface area contributed by atoms with E-state index in [-0.39, 0.29) is 0 Å². The van der Waals surface area contributed by atoms with Crippen molar-refractivity contribution >= 4 is 5.97 Å². The van der Waals surface area contributed by atoms with Crippen LogP contribution >= 0.6 is 0 Å². The van der Waals surface area contributed by atoms with Gasteiger partial charge in [0, 0.05) is 31.7 Å². The molecule has 0 spiro atoms. The molecule has 1 unspecified atom stereocenters. The number of nitrogens with one attached hydrogen (secondary N) is 1. The number of carbonyl (C=O) groups is 1. The summed E-state index contributed by atoms with van der Waals surface area (Å²) in [5.41, 5.74) is 1.68. The van der Waals surface area contributed by atoms with Gasteiger partial charge in [0.2, 0.25) is 0 Å². The lowest BCUT2D eigenvalue weighted by Gasteiger charge is -2.25. The Bertz CT molecular complexity index is 539. The predicted octanol–water partition coefficient (Wildman–Crippen LogP) is 0.934. The van der Waals surface area contributed by atoms with Crippen LogP contribution in [-0.4, -0.2) is 36.2 Å². The summed E-state index contributed by atoms with van der Waals surface area (Å²) in [6, 6.07) is 0. The molecule has 1 fully saturated rings. The van der Waals surface area contributed by atoms with Crippen molar-refractivity contribution in [2.75, 3.05) is 20.3 Å². The molecule has 108 valence electrons. The average Bonchev–Trinajstić information content (AvgIpc) is 2.93. The van der Waals surface area contributed by atoms with E-state index in [1.54, 1.807) is 0 Å². The zero-order chi connectivity index (χ0) is 14.2. The fourth-order valence-corrected chi connectivity index (χ4v) is 2.80. The van der Waals surface area contributed by atoms with Gasteiger partial charge < -0.3 is 14.8 Å².